The normalized spacial score (nSPS) is 18.4. The van der Waals surface area contributed by atoms with E-state index in [4.69, 9.17) is 4.98 Å². The number of amides is 4. The third kappa shape index (κ3) is 5.09. The minimum Gasteiger partial charge on any atom is -0.346 e. The van der Waals surface area contributed by atoms with Crippen molar-refractivity contribution in [2.75, 3.05) is 24.2 Å². The lowest BCUT2D eigenvalue weighted by molar-refractivity contribution is -0.123. The first-order chi connectivity index (χ1) is 20.0. The van der Waals surface area contributed by atoms with Crippen molar-refractivity contribution < 1.29 is 22.8 Å². The monoisotopic (exact) mass is 587 g/mol. The number of hydrogen-bond donors (Lipinski definition) is 3. The number of carbonyl (C=O) groups is 3. The molecule has 4 aromatic rings. The third-order valence-electron chi connectivity index (χ3n) is 7.23. The number of nitrogens with one attached hydrogen (secondary N) is 3. The van der Waals surface area contributed by atoms with E-state index in [9.17, 15) is 22.8 Å². The summed E-state index contributed by atoms with van der Waals surface area (Å²) in [6, 6.07) is 7.97. The second-order valence-corrected chi connectivity index (χ2v) is 12.2. The lowest BCUT2D eigenvalue weighted by Gasteiger charge is -2.21. The zero-order valence-corrected chi connectivity index (χ0v) is 23.4. The molecule has 0 radical (unpaired) electrons. The van der Waals surface area contributed by atoms with E-state index in [2.05, 4.69) is 35.9 Å². The van der Waals surface area contributed by atoms with Gasteiger partial charge in [-0.15, -0.1) is 0 Å². The highest BCUT2D eigenvalue weighted by Crippen LogP contribution is 2.28. The first kappa shape index (κ1) is 27.1. The summed E-state index contributed by atoms with van der Waals surface area (Å²) in [7, 11) is -3.53. The molecule has 14 nitrogen and oxygen atoms in total. The van der Waals surface area contributed by atoms with Crippen molar-refractivity contribution in [1.82, 2.24) is 40.9 Å². The zero-order valence-electron chi connectivity index (χ0n) is 22.6. The van der Waals surface area contributed by atoms with Crippen LogP contribution in [0.5, 0.6) is 0 Å². The minimum atomic E-state index is -3.53. The van der Waals surface area contributed by atoms with Gasteiger partial charge in [-0.05, 0) is 43.7 Å². The van der Waals surface area contributed by atoms with Crippen molar-refractivity contribution in [1.29, 1.82) is 0 Å². The van der Waals surface area contributed by atoms with Gasteiger partial charge >= 0.3 is 6.03 Å². The van der Waals surface area contributed by atoms with Crippen molar-refractivity contribution in [3.05, 3.63) is 65.9 Å². The van der Waals surface area contributed by atoms with Crippen LogP contribution in [0.1, 0.15) is 28.2 Å². The standard InChI is InChI=1S/C27H25N9O5S/c1-15-22(42(2,40)41)9-17(12-29-15)23(37)31-13-18-10-21-16(11-30-18)3-4-19(32-21)20-5-7-28-25(33-20)36-8-6-27(14-36)24(38)34-26(39)35-27/h3-5,7,9-12H,6,8,13-14H2,1-2H3,(H,31,37)(H2,34,35,38,39)/t27-/m0/s1. The molecule has 6 rings (SSSR count). The van der Waals surface area contributed by atoms with Crippen LogP contribution in [0.3, 0.4) is 0 Å². The third-order valence-corrected chi connectivity index (χ3v) is 8.45. The molecule has 4 amide bonds. The van der Waals surface area contributed by atoms with E-state index >= 15 is 0 Å². The van der Waals surface area contributed by atoms with Crippen LogP contribution in [0.4, 0.5) is 10.7 Å². The van der Waals surface area contributed by atoms with Gasteiger partial charge in [0.25, 0.3) is 11.8 Å². The molecule has 0 saturated carbocycles. The maximum Gasteiger partial charge on any atom is 0.322 e. The quantitative estimate of drug-likeness (QED) is 0.272. The Labute approximate surface area is 239 Å². The number of hydrogen-bond acceptors (Lipinski definition) is 11. The van der Waals surface area contributed by atoms with Gasteiger partial charge in [-0.2, -0.15) is 0 Å². The Morgan fingerprint density at radius 2 is 1.88 bits per heavy atom. The molecule has 4 aromatic heterocycles. The second kappa shape index (κ2) is 10.1. The number of anilines is 1. The van der Waals surface area contributed by atoms with Crippen LogP contribution in [0.15, 0.2) is 53.8 Å². The summed E-state index contributed by atoms with van der Waals surface area (Å²) >= 11 is 0. The fraction of sp³-hybridized carbons (Fsp3) is 0.259. The van der Waals surface area contributed by atoms with E-state index < -0.39 is 27.3 Å². The maximum absolute atomic E-state index is 12.7. The second-order valence-electron chi connectivity index (χ2n) is 10.2. The van der Waals surface area contributed by atoms with Gasteiger partial charge in [-0.3, -0.25) is 24.9 Å². The Balaban J connectivity index is 1.19. The summed E-state index contributed by atoms with van der Waals surface area (Å²) in [6.45, 7) is 2.41. The van der Waals surface area contributed by atoms with Crippen molar-refractivity contribution in [3.63, 3.8) is 0 Å². The summed E-state index contributed by atoms with van der Waals surface area (Å²) in [5.41, 5.74) is 1.81. The van der Waals surface area contributed by atoms with Gasteiger partial charge in [0.15, 0.2) is 9.84 Å². The van der Waals surface area contributed by atoms with Gasteiger partial charge in [0.05, 0.1) is 51.8 Å². The number of urea groups is 1. The molecule has 0 unspecified atom stereocenters. The number of nitrogens with zero attached hydrogens (tertiary/aromatic N) is 6. The van der Waals surface area contributed by atoms with Crippen molar-refractivity contribution in [2.24, 2.45) is 0 Å². The van der Waals surface area contributed by atoms with Crippen LogP contribution in [-0.4, -0.2) is 76.1 Å². The predicted molar refractivity (Wildman–Crippen MR) is 150 cm³/mol. The first-order valence-corrected chi connectivity index (χ1v) is 14.8. The molecule has 2 aliphatic heterocycles. The van der Waals surface area contributed by atoms with Gasteiger partial charge < -0.3 is 15.5 Å². The zero-order chi connectivity index (χ0) is 29.6. The summed E-state index contributed by atoms with van der Waals surface area (Å²) in [5, 5.41) is 8.54. The molecule has 0 aliphatic carbocycles. The Kier molecular flexibility index (Phi) is 6.52. The molecule has 2 aliphatic rings. The van der Waals surface area contributed by atoms with E-state index in [1.807, 2.05) is 17.0 Å². The highest BCUT2D eigenvalue weighted by Gasteiger charge is 2.51. The fourth-order valence-electron chi connectivity index (χ4n) is 5.02. The summed E-state index contributed by atoms with van der Waals surface area (Å²) in [4.78, 5) is 60.8. The smallest absolute Gasteiger partial charge is 0.322 e. The van der Waals surface area contributed by atoms with E-state index in [-0.39, 0.29) is 29.5 Å². The topological polar surface area (TPSA) is 189 Å². The lowest BCUT2D eigenvalue weighted by atomic mass is 10.00. The number of rotatable bonds is 6. The molecule has 6 heterocycles. The summed E-state index contributed by atoms with van der Waals surface area (Å²) in [6.07, 6.45) is 6.11. The molecule has 214 valence electrons. The predicted octanol–water partition coefficient (Wildman–Crippen LogP) is 0.912. The Bertz CT molecular complexity index is 1900. The molecule has 1 spiro atoms. The van der Waals surface area contributed by atoms with Crippen molar-refractivity contribution >= 4 is 44.5 Å². The van der Waals surface area contributed by atoms with E-state index in [0.717, 1.165) is 11.6 Å². The lowest BCUT2D eigenvalue weighted by Crippen LogP contribution is -2.49. The highest BCUT2D eigenvalue weighted by molar-refractivity contribution is 7.90. The highest BCUT2D eigenvalue weighted by atomic mass is 32.2. The van der Waals surface area contributed by atoms with Gasteiger partial charge in [0.1, 0.15) is 5.54 Å². The number of aromatic nitrogens is 5. The molecule has 0 bridgehead atoms. The Morgan fingerprint density at radius 1 is 1.07 bits per heavy atom. The van der Waals surface area contributed by atoms with Crippen LogP contribution >= 0.6 is 0 Å². The average Bonchev–Trinajstić information content (AvgIpc) is 3.52. The van der Waals surface area contributed by atoms with Crippen LogP contribution in [0, 0.1) is 6.92 Å². The Morgan fingerprint density at radius 3 is 2.64 bits per heavy atom. The van der Waals surface area contributed by atoms with Crippen LogP contribution in [-0.2, 0) is 21.2 Å². The first-order valence-electron chi connectivity index (χ1n) is 12.9. The molecule has 1 atom stereocenters. The Hall–Kier alpha value is -5.05. The molecular formula is C27H25N9O5S. The van der Waals surface area contributed by atoms with Crippen LogP contribution in [0.25, 0.3) is 22.3 Å². The fourth-order valence-corrected chi connectivity index (χ4v) is 5.95. The number of imide groups is 1. The minimum absolute atomic E-state index is 0.00336. The summed E-state index contributed by atoms with van der Waals surface area (Å²) < 4.78 is 24.0. The SMILES string of the molecule is Cc1ncc(C(=O)NCc2cc3nc(-c4ccnc(N5CC[C@@]6(C5)NC(=O)NC6=O)n4)ccc3cn2)cc1S(C)(=O)=O. The number of carbonyl (C=O) groups excluding carboxylic acids is 3. The molecule has 15 heteroatoms. The summed E-state index contributed by atoms with van der Waals surface area (Å²) in [5.74, 6) is -0.414. The van der Waals surface area contributed by atoms with Crippen molar-refractivity contribution in [3.8, 4) is 11.4 Å². The van der Waals surface area contributed by atoms with Gasteiger partial charge in [0.2, 0.25) is 5.95 Å². The number of pyridine rings is 3. The maximum atomic E-state index is 12.7. The number of fused-ring (bicyclic) bond motifs is 1. The number of sulfone groups is 1. The van der Waals surface area contributed by atoms with Crippen molar-refractivity contribution in [2.45, 2.75) is 30.3 Å². The largest absolute Gasteiger partial charge is 0.346 e. The van der Waals surface area contributed by atoms with Crippen LogP contribution in [0.2, 0.25) is 0 Å². The molecule has 0 aromatic carbocycles. The van der Waals surface area contributed by atoms with E-state index in [1.54, 1.807) is 31.5 Å². The van der Waals surface area contributed by atoms with Crippen LogP contribution < -0.4 is 20.9 Å². The molecule has 2 saturated heterocycles. The molecular weight excluding hydrogens is 562 g/mol. The molecule has 42 heavy (non-hydrogen) atoms. The molecule has 2 fully saturated rings. The average molecular weight is 588 g/mol. The number of aryl methyl sites for hydroxylation is 1. The van der Waals surface area contributed by atoms with Gasteiger partial charge in [-0.25, -0.2) is 28.2 Å². The van der Waals surface area contributed by atoms with E-state index in [0.29, 0.717) is 47.2 Å². The molecule has 3 N–H and O–H groups in total. The van der Waals surface area contributed by atoms with Gasteiger partial charge in [0, 0.05) is 36.8 Å². The van der Waals surface area contributed by atoms with Gasteiger partial charge in [-0.1, -0.05) is 0 Å². The van der Waals surface area contributed by atoms with E-state index in [1.165, 1.54) is 12.3 Å².